The maximum Gasteiger partial charge on any atom is 0.340 e. The van der Waals surface area contributed by atoms with Gasteiger partial charge in [0.15, 0.2) is 0 Å². The van der Waals surface area contributed by atoms with Crippen LogP contribution in [0.1, 0.15) is 15.9 Å². The van der Waals surface area contributed by atoms with Crippen molar-refractivity contribution in [2.75, 3.05) is 25.3 Å². The number of hydrogen-bond acceptors (Lipinski definition) is 6. The summed E-state index contributed by atoms with van der Waals surface area (Å²) in [6.45, 7) is 0.550. The summed E-state index contributed by atoms with van der Waals surface area (Å²) in [5, 5.41) is 3.13. The molecule has 0 unspecified atom stereocenters. The summed E-state index contributed by atoms with van der Waals surface area (Å²) < 4.78 is 9.84. The number of ether oxygens (including phenoxy) is 2. The fourth-order valence-corrected chi connectivity index (χ4v) is 1.82. The topological polar surface area (TPSA) is 86.5 Å². The zero-order chi connectivity index (χ0) is 15.2. The van der Waals surface area contributed by atoms with E-state index in [2.05, 4.69) is 15.0 Å². The Morgan fingerprint density at radius 1 is 1.33 bits per heavy atom. The van der Waals surface area contributed by atoms with Crippen LogP contribution in [0.15, 0.2) is 36.5 Å². The third-order valence-electron chi connectivity index (χ3n) is 2.95. The molecule has 1 aromatic carbocycles. The molecule has 2 rings (SSSR count). The van der Waals surface area contributed by atoms with Gasteiger partial charge in [-0.1, -0.05) is 12.1 Å². The molecule has 0 aliphatic rings. The summed E-state index contributed by atoms with van der Waals surface area (Å²) in [5.74, 6) is 0.849. The highest BCUT2D eigenvalue weighted by Gasteiger charge is 2.11. The van der Waals surface area contributed by atoms with E-state index in [4.69, 9.17) is 10.5 Å². The van der Waals surface area contributed by atoms with Crippen LogP contribution in [0, 0.1) is 0 Å². The summed E-state index contributed by atoms with van der Waals surface area (Å²) in [6, 6.07) is 9.24. The van der Waals surface area contributed by atoms with Crippen molar-refractivity contribution in [3.8, 4) is 5.75 Å². The van der Waals surface area contributed by atoms with E-state index in [9.17, 15) is 4.79 Å². The highest BCUT2D eigenvalue weighted by molar-refractivity contribution is 5.95. The zero-order valence-electron chi connectivity index (χ0n) is 11.9. The number of nitrogen functional groups attached to an aromatic ring is 1. The van der Waals surface area contributed by atoms with Crippen molar-refractivity contribution < 1.29 is 14.3 Å². The highest BCUT2D eigenvalue weighted by atomic mass is 16.5. The molecule has 0 amide bonds. The van der Waals surface area contributed by atoms with Gasteiger partial charge >= 0.3 is 5.97 Å². The zero-order valence-corrected chi connectivity index (χ0v) is 11.9. The lowest BCUT2D eigenvalue weighted by Crippen LogP contribution is -2.09. The van der Waals surface area contributed by atoms with Crippen molar-refractivity contribution in [2.45, 2.75) is 6.54 Å². The third kappa shape index (κ3) is 3.62. The fraction of sp³-hybridized carbons (Fsp3) is 0.200. The number of carbonyl (C=O) groups excluding carboxylic acids is 1. The van der Waals surface area contributed by atoms with E-state index in [1.54, 1.807) is 13.2 Å². The van der Waals surface area contributed by atoms with Crippen molar-refractivity contribution >= 4 is 17.5 Å². The van der Waals surface area contributed by atoms with E-state index in [-0.39, 0.29) is 5.69 Å². The summed E-state index contributed by atoms with van der Waals surface area (Å²) in [5.41, 5.74) is 7.32. The minimum Gasteiger partial charge on any atom is -0.497 e. The number of pyridine rings is 1. The molecule has 3 N–H and O–H groups in total. The number of methoxy groups -OCH3 is 2. The summed E-state index contributed by atoms with van der Waals surface area (Å²) >= 11 is 0. The van der Waals surface area contributed by atoms with Crippen LogP contribution < -0.4 is 15.8 Å². The summed E-state index contributed by atoms with van der Waals surface area (Å²) in [7, 11) is 2.93. The lowest BCUT2D eigenvalue weighted by atomic mass is 10.2. The molecule has 0 saturated carbocycles. The van der Waals surface area contributed by atoms with E-state index in [0.717, 1.165) is 11.3 Å². The lowest BCUT2D eigenvalue weighted by molar-refractivity contribution is 0.0602. The second kappa shape index (κ2) is 6.60. The van der Waals surface area contributed by atoms with E-state index < -0.39 is 5.97 Å². The monoisotopic (exact) mass is 287 g/mol. The molecule has 1 aromatic heterocycles. The molecule has 1 heterocycles. The summed E-state index contributed by atoms with van der Waals surface area (Å²) in [6.07, 6.45) is 1.43. The lowest BCUT2D eigenvalue weighted by Gasteiger charge is -2.09. The Morgan fingerprint density at radius 2 is 2.14 bits per heavy atom. The van der Waals surface area contributed by atoms with Gasteiger partial charge in [0.1, 0.15) is 11.6 Å². The standard InChI is InChI=1S/C15H17N3O3/c1-20-11-5-3-4-10(6-11)8-17-14-7-12(15(19)21-2)13(16)9-18-14/h3-7,9H,8,16H2,1-2H3,(H,17,18). The average Bonchev–Trinajstić information content (AvgIpc) is 2.53. The third-order valence-corrected chi connectivity index (χ3v) is 2.95. The number of nitrogens with one attached hydrogen (secondary N) is 1. The SMILES string of the molecule is COC(=O)c1cc(NCc2cccc(OC)c2)ncc1N. The van der Waals surface area contributed by atoms with Crippen molar-refractivity contribution in [1.29, 1.82) is 0 Å². The van der Waals surface area contributed by atoms with Gasteiger partial charge in [0.25, 0.3) is 0 Å². The van der Waals surface area contributed by atoms with Crippen molar-refractivity contribution in [1.82, 2.24) is 4.98 Å². The van der Waals surface area contributed by atoms with Crippen LogP contribution in [0.4, 0.5) is 11.5 Å². The van der Waals surface area contributed by atoms with E-state index in [1.807, 2.05) is 24.3 Å². The molecule has 0 atom stereocenters. The second-order valence-electron chi connectivity index (χ2n) is 4.35. The number of anilines is 2. The maximum absolute atomic E-state index is 11.6. The highest BCUT2D eigenvalue weighted by Crippen LogP contribution is 2.17. The predicted molar refractivity (Wildman–Crippen MR) is 80.3 cm³/mol. The molecule has 0 saturated heterocycles. The van der Waals surface area contributed by atoms with Crippen LogP contribution in [0.2, 0.25) is 0 Å². The number of nitrogens with zero attached hydrogens (tertiary/aromatic N) is 1. The molecule has 6 heteroatoms. The van der Waals surface area contributed by atoms with Gasteiger partial charge in [-0.25, -0.2) is 9.78 Å². The van der Waals surface area contributed by atoms with Crippen LogP contribution in [0.25, 0.3) is 0 Å². The Morgan fingerprint density at radius 3 is 2.86 bits per heavy atom. The molecule has 2 aromatic rings. The van der Waals surface area contributed by atoms with Crippen LogP contribution in [0.5, 0.6) is 5.75 Å². The summed E-state index contributed by atoms with van der Waals surface area (Å²) in [4.78, 5) is 15.7. The van der Waals surface area contributed by atoms with Gasteiger partial charge in [0.2, 0.25) is 0 Å². The Kier molecular flexibility index (Phi) is 4.61. The molecule has 0 spiro atoms. The van der Waals surface area contributed by atoms with Crippen LogP contribution in [-0.4, -0.2) is 25.2 Å². The van der Waals surface area contributed by atoms with E-state index >= 15 is 0 Å². The first-order valence-corrected chi connectivity index (χ1v) is 6.34. The van der Waals surface area contributed by atoms with Crippen molar-refractivity contribution in [3.05, 3.63) is 47.7 Å². The normalized spacial score (nSPS) is 10.0. The smallest absolute Gasteiger partial charge is 0.340 e. The molecular weight excluding hydrogens is 270 g/mol. The van der Waals surface area contributed by atoms with E-state index in [0.29, 0.717) is 17.9 Å². The predicted octanol–water partition coefficient (Wildman–Crippen LogP) is 2.07. The van der Waals surface area contributed by atoms with Gasteiger partial charge in [-0.2, -0.15) is 0 Å². The number of carbonyl (C=O) groups is 1. The number of hydrogen-bond donors (Lipinski definition) is 2. The Bertz CT molecular complexity index is 644. The van der Waals surface area contributed by atoms with Gasteiger partial charge in [-0.3, -0.25) is 0 Å². The van der Waals surface area contributed by atoms with Crippen molar-refractivity contribution in [2.24, 2.45) is 0 Å². The first kappa shape index (κ1) is 14.6. The van der Waals surface area contributed by atoms with Crippen LogP contribution >= 0.6 is 0 Å². The first-order chi connectivity index (χ1) is 10.1. The van der Waals surface area contributed by atoms with Gasteiger partial charge in [0.05, 0.1) is 31.7 Å². The number of esters is 1. The first-order valence-electron chi connectivity index (χ1n) is 6.34. The van der Waals surface area contributed by atoms with Gasteiger partial charge in [0, 0.05) is 6.54 Å². The minimum atomic E-state index is -0.487. The van der Waals surface area contributed by atoms with Gasteiger partial charge in [-0.15, -0.1) is 0 Å². The molecule has 0 aliphatic carbocycles. The number of aromatic nitrogens is 1. The Balaban J connectivity index is 2.11. The maximum atomic E-state index is 11.6. The average molecular weight is 287 g/mol. The largest absolute Gasteiger partial charge is 0.497 e. The molecule has 21 heavy (non-hydrogen) atoms. The molecular formula is C15H17N3O3. The molecule has 0 radical (unpaired) electrons. The quantitative estimate of drug-likeness (QED) is 0.819. The van der Waals surface area contributed by atoms with Gasteiger partial charge < -0.3 is 20.5 Å². The second-order valence-corrected chi connectivity index (χ2v) is 4.35. The number of nitrogens with two attached hydrogens (primary N) is 1. The van der Waals surface area contributed by atoms with Crippen LogP contribution in [0.3, 0.4) is 0 Å². The number of rotatable bonds is 5. The molecule has 0 aliphatic heterocycles. The molecule has 0 fully saturated rings. The minimum absolute atomic E-state index is 0.286. The molecule has 110 valence electrons. The number of benzene rings is 1. The van der Waals surface area contributed by atoms with Crippen molar-refractivity contribution in [3.63, 3.8) is 0 Å². The van der Waals surface area contributed by atoms with Gasteiger partial charge in [-0.05, 0) is 23.8 Å². The molecule has 0 bridgehead atoms. The Labute approximate surface area is 122 Å². The fourth-order valence-electron chi connectivity index (χ4n) is 1.82. The molecule has 6 nitrogen and oxygen atoms in total. The van der Waals surface area contributed by atoms with Crippen LogP contribution in [-0.2, 0) is 11.3 Å². The Hall–Kier alpha value is -2.76. The van der Waals surface area contributed by atoms with E-state index in [1.165, 1.54) is 13.3 Å².